The van der Waals surface area contributed by atoms with Crippen LogP contribution in [0.5, 0.6) is 5.75 Å². The fraction of sp³-hybridized carbons (Fsp3) is 0.0714. The monoisotopic (exact) mass is 285 g/mol. The van der Waals surface area contributed by atoms with Gasteiger partial charge in [0.05, 0.1) is 11.6 Å². The second-order valence-electron chi connectivity index (χ2n) is 4.22. The number of aryl methyl sites for hydroxylation is 1. The summed E-state index contributed by atoms with van der Waals surface area (Å²) >= 11 is 1.42. The molecular weight excluding hydrogens is 274 g/mol. The lowest BCUT2D eigenvalue weighted by molar-refractivity contribution is 0.474. The van der Waals surface area contributed by atoms with Gasteiger partial charge < -0.3 is 5.11 Å². The van der Waals surface area contributed by atoms with Gasteiger partial charge in [0.1, 0.15) is 16.4 Å². The third kappa shape index (κ3) is 2.10. The van der Waals surface area contributed by atoms with Gasteiger partial charge in [0.2, 0.25) is 0 Å². The highest BCUT2D eigenvalue weighted by Gasteiger charge is 2.08. The first-order chi connectivity index (χ1) is 9.66. The minimum absolute atomic E-state index is 0.117. The first-order valence-electron chi connectivity index (χ1n) is 5.96. The molecule has 20 heavy (non-hydrogen) atoms. The number of aromatic nitrogens is 2. The van der Waals surface area contributed by atoms with Crippen LogP contribution in [0.15, 0.2) is 45.6 Å². The Morgan fingerprint density at radius 2 is 2.15 bits per heavy atom. The van der Waals surface area contributed by atoms with E-state index in [-0.39, 0.29) is 11.3 Å². The molecule has 2 heterocycles. The molecule has 2 aromatic heterocycles. The smallest absolute Gasteiger partial charge is 0.282 e. The molecule has 0 unspecified atom stereocenters. The molecule has 5 nitrogen and oxygen atoms in total. The summed E-state index contributed by atoms with van der Waals surface area (Å²) in [6, 6.07) is 8.54. The number of rotatable bonds is 2. The number of aromatic hydroxyl groups is 1. The summed E-state index contributed by atoms with van der Waals surface area (Å²) < 4.78 is 1.24. The van der Waals surface area contributed by atoms with E-state index in [9.17, 15) is 9.90 Å². The normalized spacial score (nSPS) is 11.4. The van der Waals surface area contributed by atoms with E-state index in [1.807, 2.05) is 5.38 Å². The first-order valence-corrected chi connectivity index (χ1v) is 6.84. The molecule has 6 heteroatoms. The van der Waals surface area contributed by atoms with Crippen molar-refractivity contribution in [2.45, 2.75) is 6.92 Å². The van der Waals surface area contributed by atoms with Gasteiger partial charge >= 0.3 is 0 Å². The van der Waals surface area contributed by atoms with Crippen LogP contribution in [-0.4, -0.2) is 21.0 Å². The largest absolute Gasteiger partial charge is 0.507 e. The summed E-state index contributed by atoms with van der Waals surface area (Å²) in [5, 5.41) is 16.2. The van der Waals surface area contributed by atoms with Crippen LogP contribution in [0.25, 0.3) is 10.2 Å². The van der Waals surface area contributed by atoms with Crippen LogP contribution in [0.4, 0.5) is 0 Å². The zero-order valence-corrected chi connectivity index (χ0v) is 11.5. The van der Waals surface area contributed by atoms with Crippen molar-refractivity contribution in [3.8, 4) is 5.75 Å². The van der Waals surface area contributed by atoms with Gasteiger partial charge in [0.25, 0.3) is 5.56 Å². The SMILES string of the molecule is Cc1nc2sccc2c(=O)n1/N=C/c1ccccc1O. The predicted molar refractivity (Wildman–Crippen MR) is 79.7 cm³/mol. The predicted octanol–water partition coefficient (Wildman–Crippen LogP) is 2.35. The van der Waals surface area contributed by atoms with Crippen molar-refractivity contribution in [3.63, 3.8) is 0 Å². The minimum atomic E-state index is -0.208. The standard InChI is InChI=1S/C14H11N3O2S/c1-9-16-13-11(6-7-20-13)14(19)17(9)15-8-10-4-2-3-5-12(10)18/h2-8,18H,1H3/b15-8+. The Labute approximate surface area is 118 Å². The van der Waals surface area contributed by atoms with Gasteiger partial charge in [-0.1, -0.05) is 12.1 Å². The molecule has 0 radical (unpaired) electrons. The van der Waals surface area contributed by atoms with E-state index in [1.165, 1.54) is 22.2 Å². The Morgan fingerprint density at radius 1 is 1.35 bits per heavy atom. The topological polar surface area (TPSA) is 67.5 Å². The van der Waals surface area contributed by atoms with Gasteiger partial charge in [-0.2, -0.15) is 9.78 Å². The maximum Gasteiger partial charge on any atom is 0.282 e. The van der Waals surface area contributed by atoms with E-state index in [4.69, 9.17) is 0 Å². The van der Waals surface area contributed by atoms with Gasteiger partial charge in [0, 0.05) is 5.56 Å². The van der Waals surface area contributed by atoms with Gasteiger partial charge in [-0.05, 0) is 30.5 Å². The molecule has 0 aliphatic heterocycles. The average molecular weight is 285 g/mol. The molecule has 1 aromatic carbocycles. The third-order valence-electron chi connectivity index (χ3n) is 2.89. The fourth-order valence-corrected chi connectivity index (χ4v) is 2.66. The number of fused-ring (bicyclic) bond motifs is 1. The fourth-order valence-electron chi connectivity index (χ4n) is 1.86. The Balaban J connectivity index is 2.11. The van der Waals surface area contributed by atoms with Crippen LogP contribution in [0.2, 0.25) is 0 Å². The van der Waals surface area contributed by atoms with E-state index in [1.54, 1.807) is 37.3 Å². The Bertz CT molecular complexity index is 864. The lowest BCUT2D eigenvalue weighted by Gasteiger charge is -2.03. The number of hydrogen-bond acceptors (Lipinski definition) is 5. The zero-order chi connectivity index (χ0) is 14.1. The molecule has 3 rings (SSSR count). The highest BCUT2D eigenvalue weighted by molar-refractivity contribution is 7.16. The summed E-state index contributed by atoms with van der Waals surface area (Å²) in [7, 11) is 0. The third-order valence-corrected chi connectivity index (χ3v) is 3.69. The molecule has 0 amide bonds. The first kappa shape index (κ1) is 12.6. The molecule has 1 N–H and O–H groups in total. The number of phenols is 1. The summed E-state index contributed by atoms with van der Waals surface area (Å²) in [4.78, 5) is 17.3. The zero-order valence-electron chi connectivity index (χ0n) is 10.6. The van der Waals surface area contributed by atoms with Gasteiger partial charge in [0.15, 0.2) is 0 Å². The molecule has 0 spiro atoms. The van der Waals surface area contributed by atoms with E-state index >= 15 is 0 Å². The molecule has 0 saturated heterocycles. The van der Waals surface area contributed by atoms with E-state index in [2.05, 4.69) is 10.1 Å². The summed E-state index contributed by atoms with van der Waals surface area (Å²) in [6.07, 6.45) is 1.45. The van der Waals surface area contributed by atoms with Crippen LogP contribution in [0.1, 0.15) is 11.4 Å². The lowest BCUT2D eigenvalue weighted by Crippen LogP contribution is -2.19. The van der Waals surface area contributed by atoms with Crippen LogP contribution in [-0.2, 0) is 0 Å². The molecule has 0 aliphatic rings. The minimum Gasteiger partial charge on any atom is -0.507 e. The maximum absolute atomic E-state index is 12.3. The number of hydrogen-bond donors (Lipinski definition) is 1. The second-order valence-corrected chi connectivity index (χ2v) is 5.11. The lowest BCUT2D eigenvalue weighted by atomic mass is 10.2. The molecule has 3 aromatic rings. The van der Waals surface area contributed by atoms with Crippen LogP contribution in [0, 0.1) is 6.92 Å². The Kier molecular flexibility index (Phi) is 3.08. The number of nitrogens with zero attached hydrogens (tertiary/aromatic N) is 3. The number of para-hydroxylation sites is 1. The summed E-state index contributed by atoms with van der Waals surface area (Å²) in [6.45, 7) is 1.72. The van der Waals surface area contributed by atoms with Crippen molar-refractivity contribution >= 4 is 27.8 Å². The Hall–Kier alpha value is -2.47. The van der Waals surface area contributed by atoms with E-state index in [0.717, 1.165) is 0 Å². The quantitative estimate of drug-likeness (QED) is 0.735. The van der Waals surface area contributed by atoms with Crippen LogP contribution >= 0.6 is 11.3 Å². The van der Waals surface area contributed by atoms with Crippen LogP contribution < -0.4 is 5.56 Å². The summed E-state index contributed by atoms with van der Waals surface area (Å²) in [5.41, 5.74) is 0.338. The molecular formula is C14H11N3O2S. The van der Waals surface area contributed by atoms with Crippen molar-refractivity contribution < 1.29 is 5.11 Å². The molecule has 0 saturated carbocycles. The van der Waals surface area contributed by atoms with Gasteiger partial charge in [-0.3, -0.25) is 4.79 Å². The van der Waals surface area contributed by atoms with Crippen molar-refractivity contribution in [2.75, 3.05) is 0 Å². The van der Waals surface area contributed by atoms with Crippen LogP contribution in [0.3, 0.4) is 0 Å². The highest BCUT2D eigenvalue weighted by Crippen LogP contribution is 2.15. The average Bonchev–Trinajstić information content (AvgIpc) is 2.88. The van der Waals surface area contributed by atoms with Crippen molar-refractivity contribution in [1.29, 1.82) is 0 Å². The molecule has 100 valence electrons. The second kappa shape index (κ2) is 4.90. The van der Waals surface area contributed by atoms with E-state index < -0.39 is 0 Å². The number of thiophene rings is 1. The van der Waals surface area contributed by atoms with E-state index in [0.29, 0.717) is 21.6 Å². The van der Waals surface area contributed by atoms with Crippen molar-refractivity contribution in [2.24, 2.45) is 5.10 Å². The maximum atomic E-state index is 12.3. The van der Waals surface area contributed by atoms with Crippen molar-refractivity contribution in [3.05, 3.63) is 57.5 Å². The molecule has 0 bridgehead atoms. The number of phenolic OH excluding ortho intramolecular Hbond substituents is 1. The summed E-state index contributed by atoms with van der Waals surface area (Å²) in [5.74, 6) is 0.628. The van der Waals surface area contributed by atoms with Gasteiger partial charge in [-0.25, -0.2) is 4.98 Å². The van der Waals surface area contributed by atoms with Crippen molar-refractivity contribution in [1.82, 2.24) is 9.66 Å². The highest BCUT2D eigenvalue weighted by atomic mass is 32.1. The molecule has 0 aliphatic carbocycles. The number of benzene rings is 1. The Morgan fingerprint density at radius 3 is 2.95 bits per heavy atom. The van der Waals surface area contributed by atoms with Gasteiger partial charge in [-0.15, -0.1) is 11.3 Å². The molecule has 0 fully saturated rings. The molecule has 0 atom stereocenters.